The summed E-state index contributed by atoms with van der Waals surface area (Å²) in [7, 11) is 0. The predicted octanol–water partition coefficient (Wildman–Crippen LogP) is 2.85. The van der Waals surface area contributed by atoms with Gasteiger partial charge in [0.05, 0.1) is 5.52 Å². The van der Waals surface area contributed by atoms with Crippen LogP contribution in [0.1, 0.15) is 6.42 Å². The number of rotatable bonds is 3. The van der Waals surface area contributed by atoms with Gasteiger partial charge in [0.15, 0.2) is 0 Å². The molecule has 0 radical (unpaired) electrons. The first-order valence-corrected chi connectivity index (χ1v) is 7.65. The minimum atomic E-state index is -0.256. The van der Waals surface area contributed by atoms with Gasteiger partial charge in [-0.2, -0.15) is 0 Å². The van der Waals surface area contributed by atoms with Crippen molar-refractivity contribution in [1.29, 1.82) is 0 Å². The summed E-state index contributed by atoms with van der Waals surface area (Å²) in [5.41, 5.74) is 1.81. The molecule has 23 heavy (non-hydrogen) atoms. The molecule has 4 rings (SSSR count). The lowest BCUT2D eigenvalue weighted by Crippen LogP contribution is -2.33. The minimum Gasteiger partial charge on any atom is -0.358 e. The smallest absolute Gasteiger partial charge is 0.249 e. The molecule has 114 valence electrons. The number of amides is 1. The molecule has 2 heterocycles. The summed E-state index contributed by atoms with van der Waals surface area (Å²) in [4.78, 5) is 23.0. The average Bonchev–Trinajstić information content (AvgIpc) is 2.97. The van der Waals surface area contributed by atoms with E-state index in [1.54, 1.807) is 0 Å². The highest BCUT2D eigenvalue weighted by Gasteiger charge is 2.32. The van der Waals surface area contributed by atoms with Crippen molar-refractivity contribution >= 4 is 28.3 Å². The normalized spacial score (nSPS) is 17.7. The first-order valence-electron chi connectivity index (χ1n) is 7.65. The van der Waals surface area contributed by atoms with E-state index in [1.165, 1.54) is 6.33 Å². The van der Waals surface area contributed by atoms with E-state index in [0.29, 0.717) is 12.4 Å². The molecule has 5 heteroatoms. The lowest BCUT2D eigenvalue weighted by molar-refractivity contribution is -0.117. The minimum absolute atomic E-state index is 0.0823. The third-order valence-electron chi connectivity index (χ3n) is 4.13. The first-order chi connectivity index (χ1) is 11.3. The summed E-state index contributed by atoms with van der Waals surface area (Å²) in [5.74, 6) is 0.794. The Balaban J connectivity index is 1.59. The molecule has 1 aliphatic rings. The Morgan fingerprint density at radius 1 is 1.00 bits per heavy atom. The van der Waals surface area contributed by atoms with E-state index in [9.17, 15) is 4.79 Å². The van der Waals surface area contributed by atoms with Crippen molar-refractivity contribution in [1.82, 2.24) is 9.97 Å². The van der Waals surface area contributed by atoms with Gasteiger partial charge >= 0.3 is 0 Å². The van der Waals surface area contributed by atoms with E-state index in [0.717, 1.165) is 23.0 Å². The fraction of sp³-hybridized carbons (Fsp3) is 0.167. The van der Waals surface area contributed by atoms with Crippen LogP contribution in [0.3, 0.4) is 0 Å². The molecule has 0 aliphatic carbocycles. The molecule has 1 aromatic heterocycles. The number of nitrogens with one attached hydrogen (secondary N) is 1. The highest BCUT2D eigenvalue weighted by Crippen LogP contribution is 2.25. The van der Waals surface area contributed by atoms with E-state index >= 15 is 0 Å². The number of carbonyl (C=O) groups is 1. The van der Waals surface area contributed by atoms with Crippen molar-refractivity contribution in [2.45, 2.75) is 12.5 Å². The van der Waals surface area contributed by atoms with Crippen LogP contribution >= 0.6 is 0 Å². The SMILES string of the molecule is O=C1C(Nc2ncnc3ccccc23)CCN1c1ccccc1. The van der Waals surface area contributed by atoms with Crippen molar-refractivity contribution in [2.75, 3.05) is 16.8 Å². The second-order valence-corrected chi connectivity index (χ2v) is 5.55. The molecule has 1 saturated heterocycles. The highest BCUT2D eigenvalue weighted by atomic mass is 16.2. The van der Waals surface area contributed by atoms with Gasteiger partial charge in [-0.25, -0.2) is 9.97 Å². The summed E-state index contributed by atoms with van der Waals surface area (Å²) in [5, 5.41) is 4.22. The van der Waals surface area contributed by atoms with E-state index in [4.69, 9.17) is 0 Å². The molecule has 0 saturated carbocycles. The molecule has 0 bridgehead atoms. The van der Waals surface area contributed by atoms with E-state index in [2.05, 4.69) is 15.3 Å². The Labute approximate surface area is 134 Å². The molecule has 1 unspecified atom stereocenters. The molecule has 3 aromatic rings. The highest BCUT2D eigenvalue weighted by molar-refractivity contribution is 6.02. The number of carbonyl (C=O) groups excluding carboxylic acids is 1. The number of para-hydroxylation sites is 2. The number of aromatic nitrogens is 2. The fourth-order valence-corrected chi connectivity index (χ4v) is 2.96. The summed E-state index contributed by atoms with van der Waals surface area (Å²) >= 11 is 0. The lowest BCUT2D eigenvalue weighted by atomic mass is 10.2. The Morgan fingerprint density at radius 2 is 1.78 bits per heavy atom. The molecule has 1 fully saturated rings. The van der Waals surface area contributed by atoms with Gasteiger partial charge in [-0.05, 0) is 30.7 Å². The van der Waals surface area contributed by atoms with Crippen LogP contribution in [-0.2, 0) is 4.79 Å². The van der Waals surface area contributed by atoms with Gasteiger partial charge in [-0.1, -0.05) is 30.3 Å². The van der Waals surface area contributed by atoms with E-state index < -0.39 is 0 Å². The van der Waals surface area contributed by atoms with E-state index in [1.807, 2.05) is 59.5 Å². The summed E-state index contributed by atoms with van der Waals surface area (Å²) in [6, 6.07) is 17.3. The largest absolute Gasteiger partial charge is 0.358 e. The zero-order valence-electron chi connectivity index (χ0n) is 12.5. The maximum Gasteiger partial charge on any atom is 0.249 e. The summed E-state index contributed by atoms with van der Waals surface area (Å²) in [6.45, 7) is 0.712. The first kappa shape index (κ1) is 13.7. The number of hydrogen-bond donors (Lipinski definition) is 1. The van der Waals surface area contributed by atoms with E-state index in [-0.39, 0.29) is 11.9 Å². The van der Waals surface area contributed by atoms with Crippen molar-refractivity contribution in [3.63, 3.8) is 0 Å². The van der Waals surface area contributed by atoms with Crippen LogP contribution in [-0.4, -0.2) is 28.5 Å². The van der Waals surface area contributed by atoms with Gasteiger partial charge in [-0.15, -0.1) is 0 Å². The summed E-state index contributed by atoms with van der Waals surface area (Å²) in [6.07, 6.45) is 2.28. The van der Waals surface area contributed by atoms with Crippen molar-refractivity contribution in [3.8, 4) is 0 Å². The van der Waals surface area contributed by atoms with Crippen molar-refractivity contribution in [2.24, 2.45) is 0 Å². The topological polar surface area (TPSA) is 58.1 Å². The Morgan fingerprint density at radius 3 is 2.65 bits per heavy atom. The number of nitrogens with zero attached hydrogens (tertiary/aromatic N) is 3. The Bertz CT molecular complexity index is 845. The van der Waals surface area contributed by atoms with Crippen LogP contribution in [0.5, 0.6) is 0 Å². The summed E-state index contributed by atoms with van der Waals surface area (Å²) < 4.78 is 0. The molecule has 1 atom stereocenters. The number of hydrogen-bond acceptors (Lipinski definition) is 4. The van der Waals surface area contributed by atoms with Crippen LogP contribution in [0.2, 0.25) is 0 Å². The second kappa shape index (κ2) is 5.68. The zero-order valence-corrected chi connectivity index (χ0v) is 12.5. The quantitative estimate of drug-likeness (QED) is 0.808. The average molecular weight is 304 g/mol. The second-order valence-electron chi connectivity index (χ2n) is 5.55. The van der Waals surface area contributed by atoms with Gasteiger partial charge in [0.25, 0.3) is 0 Å². The van der Waals surface area contributed by atoms with Crippen LogP contribution < -0.4 is 10.2 Å². The van der Waals surface area contributed by atoms with Crippen LogP contribution in [0, 0.1) is 0 Å². The van der Waals surface area contributed by atoms with Gasteiger partial charge < -0.3 is 10.2 Å². The molecule has 1 amide bonds. The molecule has 1 aliphatic heterocycles. The number of anilines is 2. The maximum atomic E-state index is 12.7. The van der Waals surface area contributed by atoms with Gasteiger partial charge in [-0.3, -0.25) is 4.79 Å². The third-order valence-corrected chi connectivity index (χ3v) is 4.13. The van der Waals surface area contributed by atoms with Crippen LogP contribution in [0.25, 0.3) is 10.9 Å². The van der Waals surface area contributed by atoms with Crippen LogP contribution in [0.4, 0.5) is 11.5 Å². The molecule has 2 aromatic carbocycles. The van der Waals surface area contributed by atoms with Crippen LogP contribution in [0.15, 0.2) is 60.9 Å². The molecular formula is C18H16N4O. The van der Waals surface area contributed by atoms with Crippen molar-refractivity contribution < 1.29 is 4.79 Å². The Kier molecular flexibility index (Phi) is 3.38. The van der Waals surface area contributed by atoms with Gasteiger partial charge in [0, 0.05) is 17.6 Å². The predicted molar refractivity (Wildman–Crippen MR) is 90.4 cm³/mol. The zero-order chi connectivity index (χ0) is 15.6. The monoisotopic (exact) mass is 304 g/mol. The third kappa shape index (κ3) is 2.50. The standard InChI is InChI=1S/C18H16N4O/c23-18-16(10-11-22(18)13-6-2-1-3-7-13)21-17-14-8-4-5-9-15(14)19-12-20-17/h1-9,12,16H,10-11H2,(H,19,20,21). The molecule has 0 spiro atoms. The lowest BCUT2D eigenvalue weighted by Gasteiger charge is -2.17. The molecule has 1 N–H and O–H groups in total. The molecule has 5 nitrogen and oxygen atoms in total. The maximum absolute atomic E-state index is 12.7. The Hall–Kier alpha value is -2.95. The van der Waals surface area contributed by atoms with Gasteiger partial charge in [0.2, 0.25) is 5.91 Å². The number of fused-ring (bicyclic) bond motifs is 1. The van der Waals surface area contributed by atoms with Gasteiger partial charge in [0.1, 0.15) is 18.2 Å². The number of benzene rings is 2. The van der Waals surface area contributed by atoms with Crippen molar-refractivity contribution in [3.05, 3.63) is 60.9 Å². The fourth-order valence-electron chi connectivity index (χ4n) is 2.96. The molecular weight excluding hydrogens is 288 g/mol.